The van der Waals surface area contributed by atoms with Gasteiger partial charge in [-0.1, -0.05) is 36.4 Å². The van der Waals surface area contributed by atoms with Crippen molar-refractivity contribution in [2.24, 2.45) is 0 Å². The molecule has 0 bridgehead atoms. The van der Waals surface area contributed by atoms with Crippen molar-refractivity contribution in [2.45, 2.75) is 51.1 Å². The maximum atomic E-state index is 14.0. The number of aryl methyl sites for hydroxylation is 1. The zero-order valence-electron chi connectivity index (χ0n) is 24.3. The summed E-state index contributed by atoms with van der Waals surface area (Å²) in [7, 11) is -3.00. The molecule has 0 fully saturated rings. The number of benzene rings is 3. The van der Waals surface area contributed by atoms with E-state index in [0.717, 1.165) is 15.9 Å². The number of carbonyl (C=O) groups excluding carboxylic acids is 2. The van der Waals surface area contributed by atoms with Gasteiger partial charge in [0.25, 0.3) is 15.7 Å². The Morgan fingerprint density at radius 3 is 2.21 bits per heavy atom. The molecular formula is C30H36N4O7S. The van der Waals surface area contributed by atoms with Gasteiger partial charge in [0.15, 0.2) is 0 Å². The fraction of sp³-hybridized carbons (Fsp3) is 0.333. The van der Waals surface area contributed by atoms with Gasteiger partial charge in [-0.3, -0.25) is 24.0 Å². The van der Waals surface area contributed by atoms with Crippen molar-refractivity contribution in [1.29, 1.82) is 0 Å². The van der Waals surface area contributed by atoms with Gasteiger partial charge in [-0.2, -0.15) is 0 Å². The number of methoxy groups -OCH3 is 1. The molecule has 0 aliphatic carbocycles. The Kier molecular flexibility index (Phi) is 10.6. The third-order valence-electron chi connectivity index (χ3n) is 6.69. The normalized spacial score (nSPS) is 12.0. The number of carbonyl (C=O) groups is 2. The van der Waals surface area contributed by atoms with E-state index in [1.165, 1.54) is 43.2 Å². The number of nitro groups is 1. The van der Waals surface area contributed by atoms with Crippen molar-refractivity contribution >= 4 is 33.2 Å². The Morgan fingerprint density at radius 1 is 1.00 bits per heavy atom. The molecule has 0 aliphatic heterocycles. The summed E-state index contributed by atoms with van der Waals surface area (Å²) >= 11 is 0. The summed E-state index contributed by atoms with van der Waals surface area (Å²) in [5, 5.41) is 14.4. The quantitative estimate of drug-likeness (QED) is 0.232. The largest absolute Gasteiger partial charge is 0.497 e. The first-order chi connectivity index (χ1) is 19.8. The predicted octanol–water partition coefficient (Wildman–Crippen LogP) is 4.09. The van der Waals surface area contributed by atoms with E-state index in [4.69, 9.17) is 4.74 Å². The Labute approximate surface area is 246 Å². The van der Waals surface area contributed by atoms with Gasteiger partial charge < -0.3 is 15.0 Å². The first-order valence-electron chi connectivity index (χ1n) is 13.4. The maximum absolute atomic E-state index is 14.0. The molecule has 0 saturated carbocycles. The summed E-state index contributed by atoms with van der Waals surface area (Å²) < 4.78 is 34.1. The molecule has 0 spiro atoms. The van der Waals surface area contributed by atoms with Crippen molar-refractivity contribution < 1.29 is 27.7 Å². The monoisotopic (exact) mass is 596 g/mol. The van der Waals surface area contributed by atoms with Crippen LogP contribution in [-0.2, 0) is 26.0 Å². The smallest absolute Gasteiger partial charge is 0.273 e. The van der Waals surface area contributed by atoms with E-state index >= 15 is 0 Å². The molecular weight excluding hydrogens is 560 g/mol. The molecule has 224 valence electrons. The lowest BCUT2D eigenvalue weighted by molar-refractivity contribution is -0.385. The molecule has 12 heteroatoms. The number of ether oxygens (including phenoxy) is 1. The fourth-order valence-electron chi connectivity index (χ4n) is 4.33. The van der Waals surface area contributed by atoms with E-state index in [-0.39, 0.29) is 34.8 Å². The third kappa shape index (κ3) is 7.84. The van der Waals surface area contributed by atoms with Gasteiger partial charge in [0.2, 0.25) is 11.8 Å². The van der Waals surface area contributed by atoms with Crippen molar-refractivity contribution in [3.8, 4) is 5.75 Å². The lowest BCUT2D eigenvalue weighted by Gasteiger charge is -2.32. The SMILES string of the molecule is COc1ccc(N(CC(=O)N(CCc2ccccc2)[C@@H](C)C(=O)NC(C)C)S(=O)(=O)c2ccc(C)c([N+](=O)[O-])c2)cc1. The van der Waals surface area contributed by atoms with Crippen LogP contribution in [0.25, 0.3) is 0 Å². The zero-order valence-corrected chi connectivity index (χ0v) is 25.1. The molecule has 1 N–H and O–H groups in total. The highest BCUT2D eigenvalue weighted by atomic mass is 32.2. The molecule has 3 aromatic carbocycles. The van der Waals surface area contributed by atoms with Crippen LogP contribution < -0.4 is 14.4 Å². The van der Waals surface area contributed by atoms with Crippen LogP contribution in [0.15, 0.2) is 77.7 Å². The van der Waals surface area contributed by atoms with E-state index in [1.54, 1.807) is 32.9 Å². The van der Waals surface area contributed by atoms with E-state index in [9.17, 15) is 28.1 Å². The van der Waals surface area contributed by atoms with Crippen molar-refractivity contribution in [1.82, 2.24) is 10.2 Å². The number of hydrogen-bond acceptors (Lipinski definition) is 7. The number of nitrogens with zero attached hydrogens (tertiary/aromatic N) is 3. The summed E-state index contributed by atoms with van der Waals surface area (Å²) in [6.45, 7) is 6.22. The second-order valence-electron chi connectivity index (χ2n) is 10.1. The minimum Gasteiger partial charge on any atom is -0.497 e. The minimum atomic E-state index is -4.47. The molecule has 0 radical (unpaired) electrons. The maximum Gasteiger partial charge on any atom is 0.273 e. The molecule has 3 aromatic rings. The van der Waals surface area contributed by atoms with Crippen LogP contribution in [0.3, 0.4) is 0 Å². The molecule has 0 aliphatic rings. The number of amides is 2. The Morgan fingerprint density at radius 2 is 1.64 bits per heavy atom. The van der Waals surface area contributed by atoms with Crippen molar-refractivity contribution in [3.63, 3.8) is 0 Å². The zero-order chi connectivity index (χ0) is 31.0. The molecule has 2 amide bonds. The van der Waals surface area contributed by atoms with E-state index < -0.39 is 33.4 Å². The lowest BCUT2D eigenvalue weighted by Crippen LogP contribution is -2.53. The van der Waals surface area contributed by atoms with Gasteiger partial charge in [-0.05, 0) is 70.0 Å². The molecule has 1 atom stereocenters. The molecule has 3 rings (SSSR count). The average molecular weight is 597 g/mol. The van der Waals surface area contributed by atoms with E-state index in [0.29, 0.717) is 17.7 Å². The van der Waals surface area contributed by atoms with Crippen LogP contribution in [0, 0.1) is 17.0 Å². The summed E-state index contributed by atoms with van der Waals surface area (Å²) in [6.07, 6.45) is 0.436. The Bertz CT molecular complexity index is 1510. The van der Waals surface area contributed by atoms with Gasteiger partial charge >= 0.3 is 0 Å². The molecule has 0 saturated heterocycles. The van der Waals surface area contributed by atoms with Crippen molar-refractivity contribution in [3.05, 3.63) is 94.0 Å². The molecule has 0 heterocycles. The van der Waals surface area contributed by atoms with Crippen LogP contribution in [-0.4, -0.2) is 62.3 Å². The second-order valence-corrected chi connectivity index (χ2v) is 11.9. The summed E-state index contributed by atoms with van der Waals surface area (Å²) in [5.41, 5.74) is 1.02. The van der Waals surface area contributed by atoms with E-state index in [2.05, 4.69) is 5.32 Å². The predicted molar refractivity (Wildman–Crippen MR) is 160 cm³/mol. The second kappa shape index (κ2) is 13.9. The highest BCUT2D eigenvalue weighted by Crippen LogP contribution is 2.29. The first kappa shape index (κ1) is 32.1. The number of sulfonamides is 1. The number of nitro benzene ring substituents is 1. The summed E-state index contributed by atoms with van der Waals surface area (Å²) in [6, 6.07) is 18.0. The van der Waals surface area contributed by atoms with Crippen LogP contribution in [0.4, 0.5) is 11.4 Å². The van der Waals surface area contributed by atoms with Gasteiger partial charge in [-0.15, -0.1) is 0 Å². The molecule has 42 heavy (non-hydrogen) atoms. The Hall–Kier alpha value is -4.45. The number of rotatable bonds is 13. The molecule has 0 aromatic heterocycles. The van der Waals surface area contributed by atoms with Gasteiger partial charge in [0, 0.05) is 24.2 Å². The number of nitrogens with one attached hydrogen (secondary N) is 1. The fourth-order valence-corrected chi connectivity index (χ4v) is 5.76. The molecule has 0 unspecified atom stereocenters. The van der Waals surface area contributed by atoms with Gasteiger partial charge in [-0.25, -0.2) is 8.42 Å². The molecule has 11 nitrogen and oxygen atoms in total. The number of hydrogen-bond donors (Lipinski definition) is 1. The highest BCUT2D eigenvalue weighted by molar-refractivity contribution is 7.92. The van der Waals surface area contributed by atoms with E-state index in [1.807, 2.05) is 30.3 Å². The topological polar surface area (TPSA) is 139 Å². The van der Waals surface area contributed by atoms with Crippen LogP contribution in [0.1, 0.15) is 31.9 Å². The summed E-state index contributed by atoms with van der Waals surface area (Å²) in [5.74, 6) is -0.519. The van der Waals surface area contributed by atoms with Crippen LogP contribution in [0.5, 0.6) is 5.75 Å². The van der Waals surface area contributed by atoms with Crippen LogP contribution >= 0.6 is 0 Å². The average Bonchev–Trinajstić information content (AvgIpc) is 2.96. The van der Waals surface area contributed by atoms with Crippen molar-refractivity contribution in [2.75, 3.05) is 24.5 Å². The third-order valence-corrected chi connectivity index (χ3v) is 8.46. The first-order valence-corrected chi connectivity index (χ1v) is 14.8. The lowest BCUT2D eigenvalue weighted by atomic mass is 10.1. The number of anilines is 1. The highest BCUT2D eigenvalue weighted by Gasteiger charge is 2.33. The summed E-state index contributed by atoms with van der Waals surface area (Å²) in [4.78, 5) is 38.8. The minimum absolute atomic E-state index is 0.148. The van der Waals surface area contributed by atoms with Gasteiger partial charge in [0.05, 0.1) is 22.6 Å². The van der Waals surface area contributed by atoms with Gasteiger partial charge in [0.1, 0.15) is 18.3 Å². The van der Waals surface area contributed by atoms with Crippen LogP contribution in [0.2, 0.25) is 0 Å². The standard InChI is InChI=1S/C30H36N4O7S/c1-21(2)31-30(36)23(4)32(18-17-24-9-7-6-8-10-24)29(35)20-33(25-12-14-26(41-5)15-13-25)42(39,40)27-16-11-22(3)28(19-27)34(37)38/h6-16,19,21,23H,17-18,20H2,1-5H3,(H,31,36)/t23-/m0/s1. The Balaban J connectivity index is 2.04.